The first-order chi connectivity index (χ1) is 10.9. The highest BCUT2D eigenvalue weighted by Crippen LogP contribution is 2.31. The summed E-state index contributed by atoms with van der Waals surface area (Å²) in [6.07, 6.45) is 1.25. The van der Waals surface area contributed by atoms with Crippen molar-refractivity contribution in [3.05, 3.63) is 53.6 Å². The highest BCUT2D eigenvalue weighted by Gasteiger charge is 2.22. The third-order valence-corrected chi connectivity index (χ3v) is 4.23. The molecule has 1 aliphatic rings. The van der Waals surface area contributed by atoms with Crippen molar-refractivity contribution in [1.82, 2.24) is 0 Å². The maximum Gasteiger partial charge on any atom is 0.458 e. The van der Waals surface area contributed by atoms with Gasteiger partial charge < -0.3 is 0 Å². The Morgan fingerprint density at radius 2 is 1.78 bits per heavy atom. The normalized spacial score (nSPS) is 18.3. The van der Waals surface area contributed by atoms with Crippen LogP contribution in [-0.2, 0) is 0 Å². The average molecular weight is 314 g/mol. The molecule has 0 radical (unpaired) electrons. The van der Waals surface area contributed by atoms with E-state index in [2.05, 4.69) is 25.0 Å². The first-order valence-electron chi connectivity index (χ1n) is 7.74. The summed E-state index contributed by atoms with van der Waals surface area (Å²) >= 11 is 0. The zero-order valence-electron chi connectivity index (χ0n) is 12.9. The highest BCUT2D eigenvalue weighted by molar-refractivity contribution is 5.87. The minimum Gasteiger partial charge on any atom is -0.159 e. The molecule has 0 fully saturated rings. The van der Waals surface area contributed by atoms with Gasteiger partial charge in [-0.05, 0) is 65.3 Å². The highest BCUT2D eigenvalue weighted by atomic mass is 19.4. The zero-order chi connectivity index (χ0) is 16.4. The Labute approximate surface area is 134 Å². The fourth-order valence-electron chi connectivity index (χ4n) is 2.89. The van der Waals surface area contributed by atoms with Crippen molar-refractivity contribution >= 4 is 16.3 Å². The third kappa shape index (κ3) is 3.96. The summed E-state index contributed by atoms with van der Waals surface area (Å²) in [4.78, 5) is 0. The van der Waals surface area contributed by atoms with Crippen LogP contribution in [-0.4, -0.2) is 6.18 Å². The first-order valence-corrected chi connectivity index (χ1v) is 7.74. The summed E-state index contributed by atoms with van der Waals surface area (Å²) in [5.74, 6) is 4.23. The molecule has 0 saturated carbocycles. The topological polar surface area (TPSA) is 0 Å². The maximum absolute atomic E-state index is 12.2. The molecule has 0 aromatic heterocycles. The standard InChI is InChI=1S/C20H17F3/c1-14-2-5-16(6-3-14)18-9-8-17-12-15(4-7-19(17)13-18)10-11-20(21,22)23/h4-5,7-9,12-14H,2-3,6H2,1H3. The van der Waals surface area contributed by atoms with Crippen molar-refractivity contribution in [2.24, 2.45) is 5.92 Å². The SMILES string of the molecule is CC1CC=C(c2ccc3cc(C#CC(F)(F)F)ccc3c2)CC1. The van der Waals surface area contributed by atoms with E-state index in [4.69, 9.17) is 0 Å². The lowest BCUT2D eigenvalue weighted by Gasteiger charge is -2.18. The van der Waals surface area contributed by atoms with E-state index < -0.39 is 6.18 Å². The molecule has 0 bridgehead atoms. The van der Waals surface area contributed by atoms with Crippen molar-refractivity contribution in [3.8, 4) is 11.8 Å². The Morgan fingerprint density at radius 1 is 1.04 bits per heavy atom. The summed E-state index contributed by atoms with van der Waals surface area (Å²) in [6.45, 7) is 2.26. The minimum absolute atomic E-state index is 0.383. The van der Waals surface area contributed by atoms with E-state index in [0.29, 0.717) is 5.56 Å². The smallest absolute Gasteiger partial charge is 0.159 e. The minimum atomic E-state index is -4.45. The van der Waals surface area contributed by atoms with Crippen LogP contribution in [0.25, 0.3) is 16.3 Å². The number of benzene rings is 2. The number of hydrogen-bond acceptors (Lipinski definition) is 0. The largest absolute Gasteiger partial charge is 0.458 e. The van der Waals surface area contributed by atoms with Crippen LogP contribution in [0.3, 0.4) is 0 Å². The molecule has 2 aromatic rings. The molecule has 0 saturated heterocycles. The van der Waals surface area contributed by atoms with E-state index in [1.165, 1.54) is 23.5 Å². The quantitative estimate of drug-likeness (QED) is 0.570. The summed E-state index contributed by atoms with van der Waals surface area (Å²) < 4.78 is 36.5. The number of hydrogen-bond donors (Lipinski definition) is 0. The van der Waals surface area contributed by atoms with E-state index in [-0.39, 0.29) is 0 Å². The van der Waals surface area contributed by atoms with Gasteiger partial charge in [0, 0.05) is 11.5 Å². The maximum atomic E-state index is 12.2. The van der Waals surface area contributed by atoms with Gasteiger partial charge in [0.2, 0.25) is 0 Å². The monoisotopic (exact) mass is 314 g/mol. The first kappa shape index (κ1) is 15.7. The van der Waals surface area contributed by atoms with Crippen LogP contribution in [0.2, 0.25) is 0 Å². The molecule has 1 atom stereocenters. The summed E-state index contributed by atoms with van der Waals surface area (Å²) in [6, 6.07) is 11.3. The molecule has 0 N–H and O–H groups in total. The van der Waals surface area contributed by atoms with Crippen molar-refractivity contribution in [2.75, 3.05) is 0 Å². The van der Waals surface area contributed by atoms with Gasteiger partial charge in [0.15, 0.2) is 0 Å². The second kappa shape index (κ2) is 6.12. The third-order valence-electron chi connectivity index (χ3n) is 4.23. The molecule has 3 rings (SSSR count). The fourth-order valence-corrected chi connectivity index (χ4v) is 2.89. The molecule has 0 amide bonds. The van der Waals surface area contributed by atoms with Crippen LogP contribution in [0.4, 0.5) is 13.2 Å². The number of alkyl halides is 3. The Hall–Kier alpha value is -2.21. The average Bonchev–Trinajstić information content (AvgIpc) is 2.52. The second-order valence-corrected chi connectivity index (χ2v) is 6.13. The molecular weight excluding hydrogens is 297 g/mol. The number of allylic oxidation sites excluding steroid dienone is 2. The second-order valence-electron chi connectivity index (χ2n) is 6.13. The van der Waals surface area contributed by atoms with E-state index in [0.717, 1.165) is 29.5 Å². The molecule has 0 heterocycles. The number of fused-ring (bicyclic) bond motifs is 1. The Kier molecular flexibility index (Phi) is 4.17. The van der Waals surface area contributed by atoms with E-state index in [9.17, 15) is 13.2 Å². The van der Waals surface area contributed by atoms with E-state index in [1.807, 2.05) is 18.2 Å². The molecule has 1 aliphatic carbocycles. The zero-order valence-corrected chi connectivity index (χ0v) is 12.9. The Bertz CT molecular complexity index is 816. The molecule has 2 aromatic carbocycles. The van der Waals surface area contributed by atoms with Gasteiger partial charge in [0.1, 0.15) is 0 Å². The van der Waals surface area contributed by atoms with Gasteiger partial charge in [-0.1, -0.05) is 37.1 Å². The van der Waals surface area contributed by atoms with Crippen molar-refractivity contribution in [2.45, 2.75) is 32.4 Å². The van der Waals surface area contributed by atoms with Crippen LogP contribution >= 0.6 is 0 Å². The lowest BCUT2D eigenvalue weighted by Crippen LogP contribution is -2.01. The van der Waals surface area contributed by atoms with Crippen molar-refractivity contribution in [3.63, 3.8) is 0 Å². The van der Waals surface area contributed by atoms with Gasteiger partial charge in [-0.15, -0.1) is 0 Å². The lowest BCUT2D eigenvalue weighted by molar-refractivity contribution is -0.0696. The number of halogens is 3. The van der Waals surface area contributed by atoms with Crippen LogP contribution in [0.15, 0.2) is 42.5 Å². The molecule has 0 aliphatic heterocycles. The van der Waals surface area contributed by atoms with Crippen LogP contribution < -0.4 is 0 Å². The van der Waals surface area contributed by atoms with Crippen LogP contribution in [0.1, 0.15) is 37.3 Å². The molecule has 118 valence electrons. The van der Waals surface area contributed by atoms with Gasteiger partial charge in [0.05, 0.1) is 0 Å². The molecule has 0 nitrogen and oxygen atoms in total. The molecular formula is C20H17F3. The number of rotatable bonds is 1. The molecule has 0 spiro atoms. The van der Waals surface area contributed by atoms with Crippen LogP contribution in [0.5, 0.6) is 0 Å². The fraction of sp³-hybridized carbons (Fsp3) is 0.300. The predicted octanol–water partition coefficient (Wildman–Crippen LogP) is 5.96. The summed E-state index contributed by atoms with van der Waals surface area (Å²) in [7, 11) is 0. The van der Waals surface area contributed by atoms with E-state index in [1.54, 1.807) is 12.1 Å². The van der Waals surface area contributed by atoms with Crippen molar-refractivity contribution < 1.29 is 13.2 Å². The predicted molar refractivity (Wildman–Crippen MR) is 87.9 cm³/mol. The van der Waals surface area contributed by atoms with E-state index >= 15 is 0 Å². The molecule has 3 heteroatoms. The van der Waals surface area contributed by atoms with Gasteiger partial charge in [-0.3, -0.25) is 0 Å². The summed E-state index contributed by atoms with van der Waals surface area (Å²) in [5.41, 5.74) is 2.96. The van der Waals surface area contributed by atoms with Gasteiger partial charge >= 0.3 is 6.18 Å². The lowest BCUT2D eigenvalue weighted by atomic mass is 9.87. The Balaban J connectivity index is 1.91. The molecule has 23 heavy (non-hydrogen) atoms. The van der Waals surface area contributed by atoms with Crippen molar-refractivity contribution in [1.29, 1.82) is 0 Å². The van der Waals surface area contributed by atoms with Gasteiger partial charge in [-0.25, -0.2) is 0 Å². The van der Waals surface area contributed by atoms with Gasteiger partial charge in [-0.2, -0.15) is 13.2 Å². The Morgan fingerprint density at radius 3 is 2.48 bits per heavy atom. The van der Waals surface area contributed by atoms with Gasteiger partial charge in [0.25, 0.3) is 0 Å². The summed E-state index contributed by atoms with van der Waals surface area (Å²) in [5, 5.41) is 1.94. The van der Waals surface area contributed by atoms with Crippen LogP contribution in [0, 0.1) is 17.8 Å². The molecule has 1 unspecified atom stereocenters.